The van der Waals surface area contributed by atoms with Gasteiger partial charge in [0.05, 0.1) is 12.0 Å². The van der Waals surface area contributed by atoms with Gasteiger partial charge in [-0.05, 0) is 68.0 Å². The van der Waals surface area contributed by atoms with Crippen molar-refractivity contribution in [3.63, 3.8) is 0 Å². The average molecular weight is 417 g/mol. The first-order valence-corrected chi connectivity index (χ1v) is 11.4. The zero-order valence-corrected chi connectivity index (χ0v) is 17.8. The molecule has 1 aliphatic heterocycles. The van der Waals surface area contributed by atoms with Crippen molar-refractivity contribution in [2.45, 2.75) is 37.5 Å². The Hall–Kier alpha value is -2.38. The first-order valence-electron chi connectivity index (χ1n) is 9.94. The second kappa shape index (κ2) is 9.41. The number of sulfonamides is 1. The molecule has 2 aromatic carbocycles. The molecule has 7 heteroatoms. The van der Waals surface area contributed by atoms with Crippen molar-refractivity contribution < 1.29 is 17.9 Å². The van der Waals surface area contributed by atoms with Crippen LogP contribution in [0.15, 0.2) is 47.4 Å². The molecule has 1 amide bonds. The Labute approximate surface area is 172 Å². The van der Waals surface area contributed by atoms with Crippen LogP contribution in [0.25, 0.3) is 0 Å². The number of rotatable bonds is 8. The molecule has 0 spiro atoms. The van der Waals surface area contributed by atoms with Gasteiger partial charge >= 0.3 is 0 Å². The number of methoxy groups -OCH3 is 1. The Morgan fingerprint density at radius 3 is 2.45 bits per heavy atom. The molecule has 0 bridgehead atoms. The van der Waals surface area contributed by atoms with Crippen LogP contribution in [0.5, 0.6) is 5.75 Å². The first kappa shape index (κ1) is 21.3. The van der Waals surface area contributed by atoms with Crippen LogP contribution in [0.2, 0.25) is 0 Å². The Morgan fingerprint density at radius 2 is 1.79 bits per heavy atom. The van der Waals surface area contributed by atoms with Gasteiger partial charge in [-0.1, -0.05) is 18.2 Å². The Morgan fingerprint density at radius 1 is 1.10 bits per heavy atom. The highest BCUT2D eigenvalue weighted by Crippen LogP contribution is 2.23. The van der Waals surface area contributed by atoms with Gasteiger partial charge in [0.15, 0.2) is 0 Å². The van der Waals surface area contributed by atoms with E-state index in [0.717, 1.165) is 37.0 Å². The fourth-order valence-corrected chi connectivity index (χ4v) is 5.01. The summed E-state index contributed by atoms with van der Waals surface area (Å²) in [5.74, 6) is 0.581. The molecule has 1 saturated heterocycles. The average Bonchev–Trinajstić information content (AvgIpc) is 3.27. The summed E-state index contributed by atoms with van der Waals surface area (Å²) in [7, 11) is -1.90. The number of aryl methyl sites for hydroxylation is 2. The molecule has 0 saturated carbocycles. The quantitative estimate of drug-likeness (QED) is 0.671. The smallest absolute Gasteiger partial charge is 0.251 e. The van der Waals surface area contributed by atoms with Gasteiger partial charge in [-0.15, -0.1) is 0 Å². The lowest BCUT2D eigenvalue weighted by molar-refractivity contribution is 0.0952. The lowest BCUT2D eigenvalue weighted by Gasteiger charge is -2.17. The van der Waals surface area contributed by atoms with Crippen molar-refractivity contribution in [1.82, 2.24) is 9.62 Å². The SMILES string of the molecule is COc1ccc(CCCNC(=O)c2cc(S(=O)(=O)N3CCCC3)ccc2C)cc1. The number of carbonyl (C=O) groups is 1. The molecule has 1 fully saturated rings. The molecule has 1 N–H and O–H groups in total. The van der Waals surface area contributed by atoms with Crippen molar-refractivity contribution in [3.8, 4) is 5.75 Å². The molecule has 2 aromatic rings. The Bertz CT molecular complexity index is 949. The molecule has 0 aromatic heterocycles. The predicted octanol–water partition coefficient (Wildman–Crippen LogP) is 3.15. The van der Waals surface area contributed by atoms with Gasteiger partial charge in [0.25, 0.3) is 5.91 Å². The van der Waals surface area contributed by atoms with E-state index in [1.54, 1.807) is 19.2 Å². The standard InChI is InChI=1S/C22H28N2O4S/c1-17-7-12-20(29(26,27)24-14-3-4-15-24)16-21(17)22(25)23-13-5-6-18-8-10-19(28-2)11-9-18/h7-12,16H,3-6,13-15H2,1-2H3,(H,23,25). The monoisotopic (exact) mass is 416 g/mol. The summed E-state index contributed by atoms with van der Waals surface area (Å²) in [6.07, 6.45) is 3.40. The number of amides is 1. The van der Waals surface area contributed by atoms with Crippen LogP contribution in [-0.4, -0.2) is 45.4 Å². The van der Waals surface area contributed by atoms with Crippen LogP contribution in [0.3, 0.4) is 0 Å². The van der Waals surface area contributed by atoms with Gasteiger partial charge in [0.2, 0.25) is 10.0 Å². The molecule has 0 atom stereocenters. The maximum Gasteiger partial charge on any atom is 0.251 e. The lowest BCUT2D eigenvalue weighted by atomic mass is 10.1. The fourth-order valence-electron chi connectivity index (χ4n) is 3.47. The van der Waals surface area contributed by atoms with Crippen molar-refractivity contribution >= 4 is 15.9 Å². The van der Waals surface area contributed by atoms with E-state index >= 15 is 0 Å². The molecule has 3 rings (SSSR count). The van der Waals surface area contributed by atoms with E-state index in [-0.39, 0.29) is 10.8 Å². The maximum absolute atomic E-state index is 12.8. The molecule has 0 aliphatic carbocycles. The topological polar surface area (TPSA) is 75.7 Å². The third kappa shape index (κ3) is 5.16. The summed E-state index contributed by atoms with van der Waals surface area (Å²) in [6.45, 7) is 3.43. The number of nitrogens with zero attached hydrogens (tertiary/aromatic N) is 1. The summed E-state index contributed by atoms with van der Waals surface area (Å²) in [5.41, 5.74) is 2.35. The van der Waals surface area contributed by atoms with Crippen LogP contribution in [0, 0.1) is 6.92 Å². The minimum Gasteiger partial charge on any atom is -0.497 e. The fraction of sp³-hybridized carbons (Fsp3) is 0.409. The van der Waals surface area contributed by atoms with E-state index in [4.69, 9.17) is 4.74 Å². The minimum absolute atomic E-state index is 0.188. The van der Waals surface area contributed by atoms with Gasteiger partial charge in [0.1, 0.15) is 5.75 Å². The van der Waals surface area contributed by atoms with E-state index in [0.29, 0.717) is 25.2 Å². The minimum atomic E-state index is -3.54. The van der Waals surface area contributed by atoms with Crippen LogP contribution < -0.4 is 10.1 Å². The van der Waals surface area contributed by atoms with Gasteiger partial charge in [-0.25, -0.2) is 8.42 Å². The number of hydrogen-bond acceptors (Lipinski definition) is 4. The summed E-state index contributed by atoms with van der Waals surface area (Å²) in [4.78, 5) is 12.8. The summed E-state index contributed by atoms with van der Waals surface area (Å²) >= 11 is 0. The van der Waals surface area contributed by atoms with E-state index in [9.17, 15) is 13.2 Å². The van der Waals surface area contributed by atoms with Crippen molar-refractivity contribution in [2.24, 2.45) is 0 Å². The zero-order chi connectivity index (χ0) is 20.9. The first-order chi connectivity index (χ1) is 13.9. The Kier molecular flexibility index (Phi) is 6.92. The highest BCUT2D eigenvalue weighted by atomic mass is 32.2. The largest absolute Gasteiger partial charge is 0.497 e. The zero-order valence-electron chi connectivity index (χ0n) is 17.0. The number of carbonyl (C=O) groups excluding carboxylic acids is 1. The molecule has 29 heavy (non-hydrogen) atoms. The van der Waals surface area contributed by atoms with Gasteiger partial charge < -0.3 is 10.1 Å². The summed E-state index contributed by atoms with van der Waals surface area (Å²) < 4.78 is 32.2. The highest BCUT2D eigenvalue weighted by Gasteiger charge is 2.28. The number of benzene rings is 2. The van der Waals surface area contributed by atoms with Crippen LogP contribution in [0.1, 0.15) is 40.7 Å². The normalized spacial score (nSPS) is 14.7. The number of nitrogens with one attached hydrogen (secondary N) is 1. The van der Waals surface area contributed by atoms with E-state index in [2.05, 4.69) is 5.32 Å². The highest BCUT2D eigenvalue weighted by molar-refractivity contribution is 7.89. The molecular formula is C22H28N2O4S. The van der Waals surface area contributed by atoms with E-state index in [1.165, 1.54) is 15.9 Å². The van der Waals surface area contributed by atoms with E-state index < -0.39 is 10.0 Å². The molecule has 156 valence electrons. The van der Waals surface area contributed by atoms with Crippen LogP contribution >= 0.6 is 0 Å². The summed E-state index contributed by atoms with van der Waals surface area (Å²) in [5, 5.41) is 2.91. The molecule has 6 nitrogen and oxygen atoms in total. The molecular weight excluding hydrogens is 388 g/mol. The lowest BCUT2D eigenvalue weighted by Crippen LogP contribution is -2.29. The number of hydrogen-bond donors (Lipinski definition) is 1. The van der Waals surface area contributed by atoms with E-state index in [1.807, 2.05) is 31.2 Å². The molecule has 1 aliphatic rings. The predicted molar refractivity (Wildman–Crippen MR) is 113 cm³/mol. The molecule has 0 radical (unpaired) electrons. The Balaban J connectivity index is 1.59. The molecule has 1 heterocycles. The van der Waals surface area contributed by atoms with Crippen molar-refractivity contribution in [3.05, 3.63) is 59.2 Å². The number of ether oxygens (including phenoxy) is 1. The van der Waals surface area contributed by atoms with Gasteiger partial charge in [0, 0.05) is 25.2 Å². The summed E-state index contributed by atoms with van der Waals surface area (Å²) in [6, 6.07) is 12.7. The van der Waals surface area contributed by atoms with Crippen LogP contribution in [0.4, 0.5) is 0 Å². The maximum atomic E-state index is 12.8. The third-order valence-corrected chi connectivity index (χ3v) is 7.14. The van der Waals surface area contributed by atoms with Crippen molar-refractivity contribution in [1.29, 1.82) is 0 Å². The van der Waals surface area contributed by atoms with Crippen molar-refractivity contribution in [2.75, 3.05) is 26.7 Å². The van der Waals surface area contributed by atoms with Gasteiger partial charge in [-0.2, -0.15) is 4.31 Å². The second-order valence-corrected chi connectivity index (χ2v) is 9.23. The molecule has 0 unspecified atom stereocenters. The third-order valence-electron chi connectivity index (χ3n) is 5.24. The van der Waals surface area contributed by atoms with Gasteiger partial charge in [-0.3, -0.25) is 4.79 Å². The van der Waals surface area contributed by atoms with Crippen LogP contribution in [-0.2, 0) is 16.4 Å². The second-order valence-electron chi connectivity index (χ2n) is 7.30.